The number of dihydropyridines is 1. The standard InChI is InChI=1S/C23H25F3N6O2S/c1-2-28-22(34)32-19-8-16(21-31-18(12-35-21)23(24,25)26)17(11-29-19)13-7-14(10-27-9-13)20(33)30-15-5-3-4-6-15/h7,9-12,15,19H,2-6,8H2,1H3,(H,30,33)(H2,28,32,34). The second kappa shape index (κ2) is 10.5. The zero-order valence-corrected chi connectivity index (χ0v) is 19.8. The molecule has 3 heterocycles. The van der Waals surface area contributed by atoms with Gasteiger partial charge >= 0.3 is 12.2 Å². The van der Waals surface area contributed by atoms with Crippen molar-refractivity contribution < 1.29 is 22.8 Å². The number of pyridine rings is 1. The number of urea groups is 1. The number of thiazole rings is 1. The normalized spacial score (nSPS) is 18.6. The highest BCUT2D eigenvalue weighted by Crippen LogP contribution is 2.37. The van der Waals surface area contributed by atoms with Gasteiger partial charge in [0.1, 0.15) is 11.2 Å². The number of aromatic nitrogens is 2. The molecule has 1 fully saturated rings. The number of hydrogen-bond donors (Lipinski definition) is 3. The first-order valence-corrected chi connectivity index (χ1v) is 12.2. The van der Waals surface area contributed by atoms with Gasteiger partial charge in [0.25, 0.3) is 5.91 Å². The van der Waals surface area contributed by atoms with Crippen molar-refractivity contribution in [3.05, 3.63) is 45.7 Å². The van der Waals surface area contributed by atoms with Crippen molar-refractivity contribution in [3.8, 4) is 0 Å². The summed E-state index contributed by atoms with van der Waals surface area (Å²) in [4.78, 5) is 37.1. The Kier molecular flexibility index (Phi) is 7.48. The number of nitrogens with one attached hydrogen (secondary N) is 3. The molecule has 8 nitrogen and oxygen atoms in total. The summed E-state index contributed by atoms with van der Waals surface area (Å²) < 4.78 is 39.6. The van der Waals surface area contributed by atoms with Crippen LogP contribution in [0.25, 0.3) is 11.1 Å². The van der Waals surface area contributed by atoms with Crippen LogP contribution in [0.15, 0.2) is 28.8 Å². The highest BCUT2D eigenvalue weighted by atomic mass is 32.1. The number of halogens is 3. The van der Waals surface area contributed by atoms with Crippen LogP contribution in [0.3, 0.4) is 0 Å². The molecule has 3 amide bonds. The number of carbonyl (C=O) groups is 2. The largest absolute Gasteiger partial charge is 0.434 e. The number of nitrogens with zero attached hydrogens (tertiary/aromatic N) is 3. The molecule has 1 saturated carbocycles. The third-order valence-electron chi connectivity index (χ3n) is 5.80. The van der Waals surface area contributed by atoms with Crippen LogP contribution in [0.1, 0.15) is 65.7 Å². The molecule has 1 atom stereocenters. The molecule has 2 aliphatic rings. The molecule has 0 bridgehead atoms. The molecule has 1 aliphatic carbocycles. The molecule has 4 rings (SSSR count). The highest BCUT2D eigenvalue weighted by molar-refractivity contribution is 7.11. The molecule has 186 valence electrons. The fourth-order valence-electron chi connectivity index (χ4n) is 4.09. The van der Waals surface area contributed by atoms with E-state index in [4.69, 9.17) is 0 Å². The molecule has 35 heavy (non-hydrogen) atoms. The number of carbonyl (C=O) groups excluding carboxylic acids is 2. The van der Waals surface area contributed by atoms with Crippen LogP contribution < -0.4 is 16.0 Å². The Morgan fingerprint density at radius 1 is 1.17 bits per heavy atom. The van der Waals surface area contributed by atoms with E-state index in [0.29, 0.717) is 28.8 Å². The molecular formula is C23H25F3N6O2S. The van der Waals surface area contributed by atoms with Crippen molar-refractivity contribution in [2.24, 2.45) is 4.99 Å². The first-order valence-electron chi connectivity index (χ1n) is 11.3. The Morgan fingerprint density at radius 2 is 1.94 bits per heavy atom. The lowest BCUT2D eigenvalue weighted by Gasteiger charge is -2.22. The van der Waals surface area contributed by atoms with Gasteiger partial charge in [-0.15, -0.1) is 11.3 Å². The predicted molar refractivity (Wildman–Crippen MR) is 127 cm³/mol. The Labute approximate surface area is 204 Å². The third-order valence-corrected chi connectivity index (χ3v) is 6.70. The van der Waals surface area contributed by atoms with Gasteiger partial charge in [-0.1, -0.05) is 12.8 Å². The lowest BCUT2D eigenvalue weighted by atomic mass is 9.96. The van der Waals surface area contributed by atoms with Crippen LogP contribution in [-0.2, 0) is 6.18 Å². The Hall–Kier alpha value is -3.28. The van der Waals surface area contributed by atoms with Gasteiger partial charge in [-0.2, -0.15) is 13.2 Å². The van der Waals surface area contributed by atoms with E-state index in [-0.39, 0.29) is 23.4 Å². The van der Waals surface area contributed by atoms with Crippen LogP contribution in [-0.4, -0.2) is 46.9 Å². The minimum absolute atomic E-state index is 0.131. The van der Waals surface area contributed by atoms with Crippen LogP contribution in [0.5, 0.6) is 0 Å². The fraction of sp³-hybridized carbons (Fsp3) is 0.435. The second-order valence-electron chi connectivity index (χ2n) is 8.35. The van der Waals surface area contributed by atoms with E-state index in [1.165, 1.54) is 18.6 Å². The number of alkyl halides is 3. The lowest BCUT2D eigenvalue weighted by molar-refractivity contribution is -0.140. The van der Waals surface area contributed by atoms with Gasteiger partial charge < -0.3 is 16.0 Å². The molecule has 2 aromatic rings. The van der Waals surface area contributed by atoms with Gasteiger partial charge in [0.05, 0.1) is 5.56 Å². The van der Waals surface area contributed by atoms with E-state index in [1.807, 2.05) is 0 Å². The average molecular weight is 507 g/mol. The number of aliphatic imine (C=N–C) groups is 1. The monoisotopic (exact) mass is 506 g/mol. The van der Waals surface area contributed by atoms with Gasteiger partial charge in [-0.25, -0.2) is 9.78 Å². The van der Waals surface area contributed by atoms with E-state index < -0.39 is 24.1 Å². The van der Waals surface area contributed by atoms with Crippen molar-refractivity contribution in [2.45, 2.75) is 57.4 Å². The SMILES string of the molecule is CCNC(=O)NC1CC(c2nc(C(F)(F)F)cs2)=C(c2cncc(C(=O)NC3CCCC3)c2)C=N1. The molecule has 1 aliphatic heterocycles. The second-order valence-corrected chi connectivity index (χ2v) is 9.21. The molecule has 2 aromatic heterocycles. The molecule has 12 heteroatoms. The maximum absolute atomic E-state index is 13.2. The van der Waals surface area contributed by atoms with Gasteiger partial charge in [0.2, 0.25) is 0 Å². The summed E-state index contributed by atoms with van der Waals surface area (Å²) in [5.41, 5.74) is 0.890. The Bertz CT molecular complexity index is 1150. The van der Waals surface area contributed by atoms with Crippen LogP contribution >= 0.6 is 11.3 Å². The van der Waals surface area contributed by atoms with Crippen molar-refractivity contribution in [2.75, 3.05) is 6.54 Å². The zero-order valence-electron chi connectivity index (χ0n) is 19.0. The zero-order chi connectivity index (χ0) is 25.0. The summed E-state index contributed by atoms with van der Waals surface area (Å²) in [6.45, 7) is 2.18. The summed E-state index contributed by atoms with van der Waals surface area (Å²) in [5.74, 6) is -0.245. The Morgan fingerprint density at radius 3 is 2.63 bits per heavy atom. The maximum atomic E-state index is 13.2. The number of amides is 3. The molecular weight excluding hydrogens is 481 g/mol. The highest BCUT2D eigenvalue weighted by Gasteiger charge is 2.35. The van der Waals surface area contributed by atoms with E-state index in [2.05, 4.69) is 30.9 Å². The van der Waals surface area contributed by atoms with Gasteiger partial charge in [0.15, 0.2) is 5.69 Å². The van der Waals surface area contributed by atoms with E-state index >= 15 is 0 Å². The molecule has 1 unspecified atom stereocenters. The molecule has 0 aromatic carbocycles. The van der Waals surface area contributed by atoms with E-state index in [9.17, 15) is 22.8 Å². The van der Waals surface area contributed by atoms with Crippen molar-refractivity contribution in [1.82, 2.24) is 25.9 Å². The van der Waals surface area contributed by atoms with Gasteiger partial charge in [-0.3, -0.25) is 14.8 Å². The number of rotatable bonds is 6. The summed E-state index contributed by atoms with van der Waals surface area (Å²) in [7, 11) is 0. The Balaban J connectivity index is 1.66. The summed E-state index contributed by atoms with van der Waals surface area (Å²) in [6, 6.07) is 1.35. The van der Waals surface area contributed by atoms with Crippen LogP contribution in [0.2, 0.25) is 0 Å². The molecule has 3 N–H and O–H groups in total. The minimum Gasteiger partial charge on any atom is -0.349 e. The predicted octanol–water partition coefficient (Wildman–Crippen LogP) is 4.26. The molecule has 0 spiro atoms. The van der Waals surface area contributed by atoms with Crippen molar-refractivity contribution >= 4 is 40.6 Å². The quantitative estimate of drug-likeness (QED) is 0.544. The van der Waals surface area contributed by atoms with Crippen molar-refractivity contribution in [3.63, 3.8) is 0 Å². The summed E-state index contributed by atoms with van der Waals surface area (Å²) in [5, 5.41) is 9.44. The lowest BCUT2D eigenvalue weighted by Crippen LogP contribution is -2.42. The molecule has 0 saturated heterocycles. The topological polar surface area (TPSA) is 108 Å². The van der Waals surface area contributed by atoms with Gasteiger partial charge in [-0.05, 0) is 25.8 Å². The third kappa shape index (κ3) is 6.05. The maximum Gasteiger partial charge on any atom is 0.434 e. The van der Waals surface area contributed by atoms with Gasteiger partial charge in [0, 0.05) is 59.7 Å². The fourth-order valence-corrected chi connectivity index (χ4v) is 4.99. The summed E-state index contributed by atoms with van der Waals surface area (Å²) >= 11 is 0.866. The number of hydrogen-bond acceptors (Lipinski definition) is 6. The van der Waals surface area contributed by atoms with E-state index in [0.717, 1.165) is 42.4 Å². The van der Waals surface area contributed by atoms with E-state index in [1.54, 1.807) is 13.0 Å². The number of allylic oxidation sites excluding steroid dienone is 1. The first-order chi connectivity index (χ1) is 16.7. The molecule has 0 radical (unpaired) electrons. The van der Waals surface area contributed by atoms with Crippen LogP contribution in [0.4, 0.5) is 18.0 Å². The minimum atomic E-state index is -4.57. The first kappa shape index (κ1) is 24.8. The average Bonchev–Trinajstić information content (AvgIpc) is 3.51. The summed E-state index contributed by atoms with van der Waals surface area (Å²) in [6.07, 6.45) is 3.38. The smallest absolute Gasteiger partial charge is 0.349 e. The van der Waals surface area contributed by atoms with Crippen LogP contribution in [0, 0.1) is 0 Å². The van der Waals surface area contributed by atoms with Crippen molar-refractivity contribution in [1.29, 1.82) is 0 Å².